The van der Waals surface area contributed by atoms with E-state index in [1.807, 2.05) is 0 Å². The summed E-state index contributed by atoms with van der Waals surface area (Å²) < 4.78 is 13.2. The van der Waals surface area contributed by atoms with Gasteiger partial charge in [0.1, 0.15) is 11.4 Å². The van der Waals surface area contributed by atoms with Gasteiger partial charge in [0.2, 0.25) is 0 Å². The molecular formula is C13H16FN3O3. The first kappa shape index (κ1) is 14.4. The van der Waals surface area contributed by atoms with E-state index in [2.05, 4.69) is 10.6 Å². The molecule has 0 saturated carbocycles. The first-order valence-electron chi connectivity index (χ1n) is 6.53. The van der Waals surface area contributed by atoms with E-state index in [9.17, 15) is 19.3 Å². The summed E-state index contributed by atoms with van der Waals surface area (Å²) in [4.78, 5) is 22.3. The molecule has 1 heterocycles. The summed E-state index contributed by atoms with van der Waals surface area (Å²) >= 11 is 0. The highest BCUT2D eigenvalue weighted by atomic mass is 19.1. The lowest BCUT2D eigenvalue weighted by molar-refractivity contribution is -0.385. The van der Waals surface area contributed by atoms with Gasteiger partial charge < -0.3 is 10.6 Å². The van der Waals surface area contributed by atoms with Gasteiger partial charge in [-0.15, -0.1) is 0 Å². The lowest BCUT2D eigenvalue weighted by Crippen LogP contribution is -2.35. The molecule has 1 saturated heterocycles. The monoisotopic (exact) mass is 281 g/mol. The van der Waals surface area contributed by atoms with E-state index in [4.69, 9.17) is 0 Å². The number of carbonyl (C=O) groups is 1. The van der Waals surface area contributed by atoms with Gasteiger partial charge in [0.15, 0.2) is 0 Å². The standard InChI is InChI=1S/C13H16FN3O3/c14-9-3-4-12(17(19)20)11(8-9)13(18)16-10-2-1-6-15-7-5-10/h3-4,8,10,15H,1-2,5-7H2,(H,16,18). The maximum Gasteiger partial charge on any atom is 0.282 e. The highest BCUT2D eigenvalue weighted by Gasteiger charge is 2.23. The number of nitrogens with zero attached hydrogens (tertiary/aromatic N) is 1. The molecule has 1 fully saturated rings. The van der Waals surface area contributed by atoms with Crippen LogP contribution in [0.3, 0.4) is 0 Å². The lowest BCUT2D eigenvalue weighted by Gasteiger charge is -2.15. The summed E-state index contributed by atoms with van der Waals surface area (Å²) in [7, 11) is 0. The van der Waals surface area contributed by atoms with E-state index in [1.54, 1.807) is 0 Å². The van der Waals surface area contributed by atoms with Gasteiger partial charge in [0.05, 0.1) is 4.92 Å². The van der Waals surface area contributed by atoms with Crippen molar-refractivity contribution in [3.63, 3.8) is 0 Å². The molecule has 2 rings (SSSR count). The van der Waals surface area contributed by atoms with Gasteiger partial charge in [-0.05, 0) is 44.5 Å². The zero-order valence-corrected chi connectivity index (χ0v) is 10.9. The van der Waals surface area contributed by atoms with Crippen molar-refractivity contribution in [3.05, 3.63) is 39.7 Å². The quantitative estimate of drug-likeness (QED) is 0.651. The summed E-state index contributed by atoms with van der Waals surface area (Å²) in [6, 6.07) is 2.85. The zero-order valence-electron chi connectivity index (χ0n) is 10.9. The first-order chi connectivity index (χ1) is 9.58. The van der Waals surface area contributed by atoms with Crippen molar-refractivity contribution in [1.29, 1.82) is 0 Å². The Hall–Kier alpha value is -2.02. The van der Waals surface area contributed by atoms with Crippen LogP contribution >= 0.6 is 0 Å². The van der Waals surface area contributed by atoms with Gasteiger partial charge in [-0.1, -0.05) is 0 Å². The number of rotatable bonds is 3. The largest absolute Gasteiger partial charge is 0.349 e. The lowest BCUT2D eigenvalue weighted by atomic mass is 10.1. The highest BCUT2D eigenvalue weighted by molar-refractivity contribution is 5.98. The van der Waals surface area contributed by atoms with E-state index < -0.39 is 16.6 Å². The minimum atomic E-state index is -0.678. The first-order valence-corrected chi connectivity index (χ1v) is 6.53. The normalized spacial score (nSPS) is 19.1. The number of carbonyl (C=O) groups excluding carboxylic acids is 1. The van der Waals surface area contributed by atoms with E-state index in [1.165, 1.54) is 0 Å². The molecule has 7 heteroatoms. The Morgan fingerprint density at radius 1 is 1.40 bits per heavy atom. The number of hydrogen-bond donors (Lipinski definition) is 2. The van der Waals surface area contributed by atoms with Crippen molar-refractivity contribution < 1.29 is 14.1 Å². The Balaban J connectivity index is 2.15. The smallest absolute Gasteiger partial charge is 0.282 e. The van der Waals surface area contributed by atoms with Crippen LogP contribution in [0.5, 0.6) is 0 Å². The maximum absolute atomic E-state index is 13.2. The Morgan fingerprint density at radius 2 is 2.20 bits per heavy atom. The molecule has 6 nitrogen and oxygen atoms in total. The molecule has 1 amide bonds. The van der Waals surface area contributed by atoms with Crippen molar-refractivity contribution in [1.82, 2.24) is 10.6 Å². The number of amides is 1. The zero-order chi connectivity index (χ0) is 14.5. The molecule has 0 bridgehead atoms. The van der Waals surface area contributed by atoms with Crippen LogP contribution in [-0.2, 0) is 0 Å². The van der Waals surface area contributed by atoms with Gasteiger partial charge in [-0.2, -0.15) is 0 Å². The maximum atomic E-state index is 13.2. The fraction of sp³-hybridized carbons (Fsp3) is 0.462. The van der Waals surface area contributed by atoms with Crippen molar-refractivity contribution >= 4 is 11.6 Å². The Morgan fingerprint density at radius 3 is 2.95 bits per heavy atom. The Kier molecular flexibility index (Phi) is 4.62. The predicted molar refractivity (Wildman–Crippen MR) is 71.0 cm³/mol. The van der Waals surface area contributed by atoms with Crippen molar-refractivity contribution in [2.45, 2.75) is 25.3 Å². The molecule has 0 radical (unpaired) electrons. The van der Waals surface area contributed by atoms with Crippen molar-refractivity contribution in [2.24, 2.45) is 0 Å². The van der Waals surface area contributed by atoms with Gasteiger partial charge in [-0.25, -0.2) is 4.39 Å². The van der Waals surface area contributed by atoms with Gasteiger partial charge >= 0.3 is 0 Å². The van der Waals surface area contributed by atoms with Crippen LogP contribution in [0.1, 0.15) is 29.6 Å². The third-order valence-corrected chi connectivity index (χ3v) is 3.31. The molecule has 0 spiro atoms. The van der Waals surface area contributed by atoms with E-state index in [0.717, 1.165) is 50.6 Å². The fourth-order valence-corrected chi connectivity index (χ4v) is 2.28. The molecule has 1 aromatic rings. The van der Waals surface area contributed by atoms with E-state index >= 15 is 0 Å². The fourth-order valence-electron chi connectivity index (χ4n) is 2.28. The summed E-state index contributed by atoms with van der Waals surface area (Å²) in [5.74, 6) is -1.26. The number of nitro benzene ring substituents is 1. The average molecular weight is 281 g/mol. The summed E-state index contributed by atoms with van der Waals surface area (Å²) in [6.07, 6.45) is 2.49. The molecule has 1 aliphatic rings. The van der Waals surface area contributed by atoms with Crippen LogP contribution in [0.25, 0.3) is 0 Å². The van der Waals surface area contributed by atoms with Gasteiger partial charge in [-0.3, -0.25) is 14.9 Å². The molecule has 0 aromatic heterocycles. The number of halogens is 1. The van der Waals surface area contributed by atoms with Crippen LogP contribution in [0.2, 0.25) is 0 Å². The van der Waals surface area contributed by atoms with Crippen LogP contribution < -0.4 is 10.6 Å². The molecule has 1 aromatic carbocycles. The molecule has 0 aliphatic carbocycles. The van der Waals surface area contributed by atoms with Crippen molar-refractivity contribution in [2.75, 3.05) is 13.1 Å². The van der Waals surface area contributed by atoms with Crippen molar-refractivity contribution in [3.8, 4) is 0 Å². The summed E-state index contributed by atoms with van der Waals surface area (Å²) in [6.45, 7) is 1.68. The molecule has 1 aliphatic heterocycles. The molecule has 1 unspecified atom stereocenters. The molecule has 1 atom stereocenters. The predicted octanol–water partition coefficient (Wildman–Crippen LogP) is 1.61. The summed E-state index contributed by atoms with van der Waals surface area (Å²) in [5.41, 5.74) is -0.608. The second-order valence-electron chi connectivity index (χ2n) is 4.77. The van der Waals surface area contributed by atoms with E-state index in [0.29, 0.717) is 0 Å². The second kappa shape index (κ2) is 6.42. The SMILES string of the molecule is O=C(NC1CCCNCC1)c1cc(F)ccc1[N+](=O)[O-]. The van der Waals surface area contributed by atoms with E-state index in [-0.39, 0.29) is 17.3 Å². The van der Waals surface area contributed by atoms with Gasteiger partial charge in [0, 0.05) is 12.1 Å². The molecular weight excluding hydrogens is 265 g/mol. The molecule has 108 valence electrons. The average Bonchev–Trinajstić information content (AvgIpc) is 2.66. The minimum absolute atomic E-state index is 0.0413. The van der Waals surface area contributed by atoms with Crippen LogP contribution in [0.15, 0.2) is 18.2 Å². The molecule has 20 heavy (non-hydrogen) atoms. The number of nitro groups is 1. The van der Waals surface area contributed by atoms with Crippen LogP contribution in [0, 0.1) is 15.9 Å². The number of hydrogen-bond acceptors (Lipinski definition) is 4. The Labute approximate surface area is 115 Å². The van der Waals surface area contributed by atoms with Crippen LogP contribution in [0.4, 0.5) is 10.1 Å². The Bertz CT molecular complexity index is 514. The number of benzene rings is 1. The van der Waals surface area contributed by atoms with Gasteiger partial charge in [0.25, 0.3) is 11.6 Å². The highest BCUT2D eigenvalue weighted by Crippen LogP contribution is 2.20. The molecule has 2 N–H and O–H groups in total. The topological polar surface area (TPSA) is 84.3 Å². The third-order valence-electron chi connectivity index (χ3n) is 3.31. The summed E-state index contributed by atoms with van der Waals surface area (Å²) in [5, 5.41) is 16.8. The third kappa shape index (κ3) is 3.51. The van der Waals surface area contributed by atoms with Crippen LogP contribution in [-0.4, -0.2) is 30.0 Å². The minimum Gasteiger partial charge on any atom is -0.349 e. The number of nitrogens with one attached hydrogen (secondary N) is 2. The second-order valence-corrected chi connectivity index (χ2v) is 4.77.